The molecule has 5 heteroatoms. The van der Waals surface area contributed by atoms with Crippen LogP contribution in [-0.2, 0) is 11.3 Å². The van der Waals surface area contributed by atoms with Gasteiger partial charge in [-0.25, -0.2) is 4.98 Å². The minimum atomic E-state index is -0.589. The third kappa shape index (κ3) is 4.14. The van der Waals surface area contributed by atoms with Crippen molar-refractivity contribution in [3.8, 4) is 11.4 Å². The Labute approximate surface area is 170 Å². The third-order valence-electron chi connectivity index (χ3n) is 4.93. The van der Waals surface area contributed by atoms with E-state index in [4.69, 9.17) is 4.74 Å². The highest BCUT2D eigenvalue weighted by Gasteiger charge is 2.15. The molecule has 29 heavy (non-hydrogen) atoms. The number of aromatic nitrogens is 2. The number of benzene rings is 3. The van der Waals surface area contributed by atoms with E-state index in [0.29, 0.717) is 12.3 Å². The normalized spacial score (nSPS) is 11.9. The van der Waals surface area contributed by atoms with Crippen LogP contribution in [0.2, 0.25) is 0 Å². The molecule has 0 unspecified atom stereocenters. The number of aryl methyl sites for hydroxylation is 1. The number of rotatable bonds is 6. The molecule has 1 aromatic heterocycles. The van der Waals surface area contributed by atoms with E-state index >= 15 is 0 Å². The van der Waals surface area contributed by atoms with E-state index < -0.39 is 6.10 Å². The van der Waals surface area contributed by atoms with Gasteiger partial charge in [-0.1, -0.05) is 48.5 Å². The van der Waals surface area contributed by atoms with Crippen LogP contribution in [0.5, 0.6) is 5.75 Å². The molecule has 5 nitrogen and oxygen atoms in total. The number of carbonyl (C=O) groups excluding carboxylic acids is 1. The van der Waals surface area contributed by atoms with Crippen LogP contribution in [0.3, 0.4) is 0 Å². The van der Waals surface area contributed by atoms with Crippen LogP contribution < -0.4 is 10.1 Å². The molecule has 146 valence electrons. The zero-order chi connectivity index (χ0) is 20.2. The molecule has 0 saturated carbocycles. The first kappa shape index (κ1) is 18.7. The number of nitrogens with one attached hydrogen (secondary N) is 1. The van der Waals surface area contributed by atoms with Gasteiger partial charge in [-0.05, 0) is 43.0 Å². The van der Waals surface area contributed by atoms with Crippen molar-refractivity contribution < 1.29 is 9.53 Å². The average molecular weight is 385 g/mol. The molecule has 0 aliphatic carbocycles. The molecular formula is C24H23N3O2. The molecule has 0 aliphatic heterocycles. The summed E-state index contributed by atoms with van der Waals surface area (Å²) in [7, 11) is 0. The number of amides is 1. The summed E-state index contributed by atoms with van der Waals surface area (Å²) in [4.78, 5) is 16.7. The molecule has 0 aliphatic rings. The van der Waals surface area contributed by atoms with E-state index in [0.717, 1.165) is 27.8 Å². The first-order valence-electron chi connectivity index (χ1n) is 9.63. The van der Waals surface area contributed by atoms with E-state index in [1.165, 1.54) is 0 Å². The highest BCUT2D eigenvalue weighted by molar-refractivity contribution is 5.89. The van der Waals surface area contributed by atoms with Gasteiger partial charge in [0, 0.05) is 30.0 Å². The largest absolute Gasteiger partial charge is 0.480 e. The van der Waals surface area contributed by atoms with Gasteiger partial charge in [0.05, 0.1) is 0 Å². The van der Waals surface area contributed by atoms with Crippen LogP contribution in [0.25, 0.3) is 16.5 Å². The zero-order valence-corrected chi connectivity index (χ0v) is 16.5. The first-order chi connectivity index (χ1) is 14.1. The molecular weight excluding hydrogens is 362 g/mol. The summed E-state index contributed by atoms with van der Waals surface area (Å²) in [6, 6.07) is 21.9. The Hall–Kier alpha value is -3.60. The van der Waals surface area contributed by atoms with Gasteiger partial charge in [0.25, 0.3) is 5.91 Å². The van der Waals surface area contributed by atoms with E-state index in [9.17, 15) is 4.79 Å². The monoisotopic (exact) mass is 385 g/mol. The van der Waals surface area contributed by atoms with Crippen LogP contribution in [0.1, 0.15) is 18.3 Å². The molecule has 0 radical (unpaired) electrons. The summed E-state index contributed by atoms with van der Waals surface area (Å²) in [5.74, 6) is 1.50. The molecule has 1 amide bonds. The van der Waals surface area contributed by atoms with Gasteiger partial charge in [-0.15, -0.1) is 0 Å². The Bertz CT molecular complexity index is 1130. The van der Waals surface area contributed by atoms with Crippen molar-refractivity contribution in [2.45, 2.75) is 26.5 Å². The summed E-state index contributed by atoms with van der Waals surface area (Å²) in [5, 5.41) is 5.04. The van der Waals surface area contributed by atoms with Crippen LogP contribution >= 0.6 is 0 Å². The van der Waals surface area contributed by atoms with Crippen molar-refractivity contribution in [2.24, 2.45) is 0 Å². The summed E-state index contributed by atoms with van der Waals surface area (Å²) in [6.07, 6.45) is 3.12. The molecule has 4 rings (SSSR count). The van der Waals surface area contributed by atoms with Crippen LogP contribution in [0.15, 0.2) is 79.1 Å². The van der Waals surface area contributed by atoms with Gasteiger partial charge in [-0.2, -0.15) is 0 Å². The first-order valence-corrected chi connectivity index (χ1v) is 9.63. The minimum Gasteiger partial charge on any atom is -0.480 e. The zero-order valence-electron chi connectivity index (χ0n) is 16.5. The number of hydrogen-bond donors (Lipinski definition) is 1. The highest BCUT2D eigenvalue weighted by atomic mass is 16.5. The fraction of sp³-hybridized carbons (Fsp3) is 0.167. The number of imidazole rings is 1. The molecule has 0 saturated heterocycles. The van der Waals surface area contributed by atoms with Gasteiger partial charge >= 0.3 is 0 Å². The lowest BCUT2D eigenvalue weighted by molar-refractivity contribution is -0.127. The molecule has 4 aromatic rings. The van der Waals surface area contributed by atoms with Gasteiger partial charge in [-0.3, -0.25) is 4.79 Å². The van der Waals surface area contributed by atoms with Gasteiger partial charge in [0.1, 0.15) is 11.6 Å². The van der Waals surface area contributed by atoms with E-state index in [2.05, 4.69) is 10.3 Å². The maximum atomic E-state index is 12.5. The van der Waals surface area contributed by atoms with Gasteiger partial charge in [0.2, 0.25) is 0 Å². The predicted molar refractivity (Wildman–Crippen MR) is 114 cm³/mol. The maximum Gasteiger partial charge on any atom is 0.261 e. The van der Waals surface area contributed by atoms with Crippen LogP contribution in [0.4, 0.5) is 0 Å². The van der Waals surface area contributed by atoms with Crippen molar-refractivity contribution in [1.82, 2.24) is 14.9 Å². The molecule has 1 heterocycles. The van der Waals surface area contributed by atoms with E-state index in [-0.39, 0.29) is 5.91 Å². The van der Waals surface area contributed by atoms with Gasteiger partial charge < -0.3 is 14.6 Å². The Kier molecular flexibility index (Phi) is 5.29. The van der Waals surface area contributed by atoms with Crippen molar-refractivity contribution >= 4 is 16.7 Å². The fourth-order valence-corrected chi connectivity index (χ4v) is 3.30. The predicted octanol–water partition coefficient (Wildman–Crippen LogP) is 4.42. The lowest BCUT2D eigenvalue weighted by Crippen LogP contribution is -2.35. The topological polar surface area (TPSA) is 56.2 Å². The fourth-order valence-electron chi connectivity index (χ4n) is 3.30. The van der Waals surface area contributed by atoms with Crippen molar-refractivity contribution in [2.75, 3.05) is 0 Å². The van der Waals surface area contributed by atoms with Crippen LogP contribution in [0, 0.1) is 6.92 Å². The Morgan fingerprint density at radius 1 is 1.07 bits per heavy atom. The number of nitrogens with zero attached hydrogens (tertiary/aromatic N) is 2. The molecule has 3 aromatic carbocycles. The summed E-state index contributed by atoms with van der Waals surface area (Å²) in [6.45, 7) is 4.18. The second-order valence-corrected chi connectivity index (χ2v) is 6.97. The SMILES string of the molecule is Cc1nccn1-c1ccc(CNC(=O)[C@H](C)Oc2cccc3ccccc23)cc1. The molecule has 1 atom stereocenters. The molecule has 1 N–H and O–H groups in total. The van der Waals surface area contributed by atoms with Crippen molar-refractivity contribution in [3.05, 3.63) is 90.5 Å². The molecule has 0 bridgehead atoms. The van der Waals surface area contributed by atoms with E-state index in [1.807, 2.05) is 84.4 Å². The smallest absolute Gasteiger partial charge is 0.261 e. The summed E-state index contributed by atoms with van der Waals surface area (Å²) < 4.78 is 7.95. The quantitative estimate of drug-likeness (QED) is 0.535. The number of carbonyl (C=O) groups is 1. The highest BCUT2D eigenvalue weighted by Crippen LogP contribution is 2.26. The number of fused-ring (bicyclic) bond motifs is 1. The Balaban J connectivity index is 1.37. The Morgan fingerprint density at radius 2 is 1.83 bits per heavy atom. The number of ether oxygens (including phenoxy) is 1. The lowest BCUT2D eigenvalue weighted by atomic mass is 10.1. The minimum absolute atomic E-state index is 0.146. The Morgan fingerprint density at radius 3 is 2.59 bits per heavy atom. The second kappa shape index (κ2) is 8.19. The number of hydrogen-bond acceptors (Lipinski definition) is 3. The second-order valence-electron chi connectivity index (χ2n) is 6.97. The summed E-state index contributed by atoms with van der Waals surface area (Å²) in [5.41, 5.74) is 2.07. The van der Waals surface area contributed by atoms with Crippen LogP contribution in [-0.4, -0.2) is 21.6 Å². The maximum absolute atomic E-state index is 12.5. The van der Waals surface area contributed by atoms with Crippen molar-refractivity contribution in [3.63, 3.8) is 0 Å². The third-order valence-corrected chi connectivity index (χ3v) is 4.93. The lowest BCUT2D eigenvalue weighted by Gasteiger charge is -2.16. The summed E-state index contributed by atoms with van der Waals surface area (Å²) >= 11 is 0. The average Bonchev–Trinajstić information content (AvgIpc) is 3.18. The standard InChI is InChI=1S/C24H23N3O2/c1-17(29-23-9-5-7-20-6-3-4-8-22(20)23)24(28)26-16-19-10-12-21(13-11-19)27-15-14-25-18(27)2/h3-15,17H,16H2,1-2H3,(H,26,28)/t17-/m0/s1. The van der Waals surface area contributed by atoms with Gasteiger partial charge in [0.15, 0.2) is 6.10 Å². The molecule has 0 fully saturated rings. The van der Waals surface area contributed by atoms with E-state index in [1.54, 1.807) is 13.1 Å². The van der Waals surface area contributed by atoms with Crippen molar-refractivity contribution in [1.29, 1.82) is 0 Å². The molecule has 0 spiro atoms.